The van der Waals surface area contributed by atoms with E-state index in [2.05, 4.69) is 20.5 Å². The van der Waals surface area contributed by atoms with Crippen molar-refractivity contribution in [2.45, 2.75) is 32.9 Å². The lowest BCUT2D eigenvalue weighted by Gasteiger charge is -2.38. The molecule has 0 bridgehead atoms. The summed E-state index contributed by atoms with van der Waals surface area (Å²) in [6.07, 6.45) is 0. The van der Waals surface area contributed by atoms with Crippen molar-refractivity contribution in [3.8, 4) is 0 Å². The van der Waals surface area contributed by atoms with E-state index in [0.717, 1.165) is 13.1 Å². The monoisotopic (exact) mass is 223 g/mol. The van der Waals surface area contributed by atoms with Gasteiger partial charge in [0, 0.05) is 25.2 Å². The molecule has 0 aromatic carbocycles. The Kier molecular flexibility index (Phi) is 2.91. The molecule has 1 aromatic rings. The molecule has 1 aliphatic heterocycles. The summed E-state index contributed by atoms with van der Waals surface area (Å²) in [5.41, 5.74) is 0. The Bertz CT molecular complexity index is 378. The molecule has 2 rings (SSSR count). The summed E-state index contributed by atoms with van der Waals surface area (Å²) < 4.78 is 0. The van der Waals surface area contributed by atoms with Crippen molar-refractivity contribution in [1.82, 2.24) is 25.4 Å². The van der Waals surface area contributed by atoms with Crippen LogP contribution in [0.4, 0.5) is 0 Å². The smallest absolute Gasteiger partial charge is 0.294 e. The van der Waals surface area contributed by atoms with E-state index >= 15 is 0 Å². The van der Waals surface area contributed by atoms with Crippen LogP contribution in [0, 0.1) is 6.92 Å². The summed E-state index contributed by atoms with van der Waals surface area (Å²) in [6, 6.07) is 0.352. The van der Waals surface area contributed by atoms with Crippen molar-refractivity contribution in [2.24, 2.45) is 0 Å². The molecule has 0 radical (unpaired) electrons. The molecular weight excluding hydrogens is 206 g/mol. The number of aromatic amines is 1. The second-order valence-electron chi connectivity index (χ2n) is 4.31. The molecule has 1 fully saturated rings. The Morgan fingerprint density at radius 1 is 1.38 bits per heavy atom. The zero-order valence-electron chi connectivity index (χ0n) is 9.82. The van der Waals surface area contributed by atoms with E-state index in [9.17, 15) is 4.79 Å². The van der Waals surface area contributed by atoms with Crippen LogP contribution >= 0.6 is 0 Å². The minimum atomic E-state index is -0.0918. The Hall–Kier alpha value is -1.43. The molecule has 0 aliphatic carbocycles. The van der Waals surface area contributed by atoms with Crippen LogP contribution in [0.5, 0.6) is 0 Å². The van der Waals surface area contributed by atoms with Gasteiger partial charge >= 0.3 is 0 Å². The molecule has 2 N–H and O–H groups in total. The lowest BCUT2D eigenvalue weighted by atomic mass is 10.1. The number of nitrogens with zero attached hydrogens (tertiary/aromatic N) is 3. The van der Waals surface area contributed by atoms with Gasteiger partial charge in [-0.3, -0.25) is 9.89 Å². The highest BCUT2D eigenvalue weighted by atomic mass is 16.2. The zero-order valence-corrected chi connectivity index (χ0v) is 9.82. The summed E-state index contributed by atoms with van der Waals surface area (Å²) in [4.78, 5) is 18.1. The van der Waals surface area contributed by atoms with E-state index in [1.807, 2.05) is 18.7 Å². The maximum absolute atomic E-state index is 12.2. The van der Waals surface area contributed by atoms with Gasteiger partial charge in [0.05, 0.1) is 0 Å². The van der Waals surface area contributed by atoms with Crippen molar-refractivity contribution in [3.63, 3.8) is 0 Å². The van der Waals surface area contributed by atoms with Gasteiger partial charge in [-0.05, 0) is 20.8 Å². The molecule has 2 heterocycles. The van der Waals surface area contributed by atoms with Crippen molar-refractivity contribution < 1.29 is 4.79 Å². The molecule has 1 aliphatic rings. The third-order valence-electron chi connectivity index (χ3n) is 2.85. The number of aryl methyl sites for hydroxylation is 1. The quantitative estimate of drug-likeness (QED) is 0.699. The number of carbonyl (C=O) groups excluding carboxylic acids is 1. The number of amides is 1. The van der Waals surface area contributed by atoms with Crippen LogP contribution < -0.4 is 5.32 Å². The minimum Gasteiger partial charge on any atom is -0.328 e. The van der Waals surface area contributed by atoms with Gasteiger partial charge in [-0.2, -0.15) is 0 Å². The Balaban J connectivity index is 2.19. The Morgan fingerprint density at radius 3 is 2.50 bits per heavy atom. The molecule has 88 valence electrons. The first-order valence-electron chi connectivity index (χ1n) is 5.52. The standard InChI is InChI=1S/C10H17N5O/c1-6-4-11-5-7(2)15(6)10(16)9-12-8(3)13-14-9/h6-7,11H,4-5H2,1-3H3,(H,12,13,14). The molecular formula is C10H17N5O. The largest absolute Gasteiger partial charge is 0.328 e. The summed E-state index contributed by atoms with van der Waals surface area (Å²) in [5, 5.41) is 9.89. The summed E-state index contributed by atoms with van der Waals surface area (Å²) in [7, 11) is 0. The second-order valence-corrected chi connectivity index (χ2v) is 4.31. The molecule has 16 heavy (non-hydrogen) atoms. The average Bonchev–Trinajstić information content (AvgIpc) is 2.64. The number of piperazine rings is 1. The minimum absolute atomic E-state index is 0.0918. The van der Waals surface area contributed by atoms with Crippen molar-refractivity contribution in [2.75, 3.05) is 13.1 Å². The molecule has 0 spiro atoms. The predicted octanol–water partition coefficient (Wildman–Crippen LogP) is -0.0645. The third-order valence-corrected chi connectivity index (χ3v) is 2.85. The van der Waals surface area contributed by atoms with Gasteiger partial charge in [0.1, 0.15) is 5.82 Å². The lowest BCUT2D eigenvalue weighted by Crippen LogP contribution is -2.57. The number of hydrogen-bond donors (Lipinski definition) is 2. The molecule has 1 amide bonds. The average molecular weight is 223 g/mol. The molecule has 1 saturated heterocycles. The van der Waals surface area contributed by atoms with Crippen molar-refractivity contribution >= 4 is 5.91 Å². The molecule has 1 aromatic heterocycles. The topological polar surface area (TPSA) is 73.9 Å². The van der Waals surface area contributed by atoms with E-state index < -0.39 is 0 Å². The fourth-order valence-corrected chi connectivity index (χ4v) is 2.09. The summed E-state index contributed by atoms with van der Waals surface area (Å²) in [5.74, 6) is 0.836. The van der Waals surface area contributed by atoms with Crippen LogP contribution in [-0.4, -0.2) is 51.2 Å². The highest BCUT2D eigenvalue weighted by Gasteiger charge is 2.31. The number of hydrogen-bond acceptors (Lipinski definition) is 4. The first-order chi connectivity index (χ1) is 7.59. The van der Waals surface area contributed by atoms with E-state index in [1.54, 1.807) is 6.92 Å². The summed E-state index contributed by atoms with van der Waals surface area (Å²) in [6.45, 7) is 7.48. The molecule has 0 saturated carbocycles. The number of aromatic nitrogens is 3. The SMILES string of the molecule is Cc1nc(C(=O)N2C(C)CNCC2C)n[nH]1. The van der Waals surface area contributed by atoms with Crippen LogP contribution in [0.2, 0.25) is 0 Å². The number of H-pyrrole nitrogens is 1. The van der Waals surface area contributed by atoms with Crippen LogP contribution in [-0.2, 0) is 0 Å². The van der Waals surface area contributed by atoms with E-state index in [0.29, 0.717) is 5.82 Å². The van der Waals surface area contributed by atoms with Gasteiger partial charge < -0.3 is 10.2 Å². The van der Waals surface area contributed by atoms with Crippen LogP contribution in [0.1, 0.15) is 30.3 Å². The van der Waals surface area contributed by atoms with Crippen molar-refractivity contribution in [1.29, 1.82) is 0 Å². The predicted molar refractivity (Wildman–Crippen MR) is 59.1 cm³/mol. The van der Waals surface area contributed by atoms with Crippen LogP contribution in [0.15, 0.2) is 0 Å². The van der Waals surface area contributed by atoms with Gasteiger partial charge in [-0.15, -0.1) is 5.10 Å². The first-order valence-corrected chi connectivity index (χ1v) is 5.52. The molecule has 6 heteroatoms. The zero-order chi connectivity index (χ0) is 11.7. The van der Waals surface area contributed by atoms with E-state index in [-0.39, 0.29) is 23.8 Å². The summed E-state index contributed by atoms with van der Waals surface area (Å²) >= 11 is 0. The fraction of sp³-hybridized carbons (Fsp3) is 0.700. The normalized spacial score (nSPS) is 25.8. The van der Waals surface area contributed by atoms with Gasteiger partial charge in [0.2, 0.25) is 5.82 Å². The van der Waals surface area contributed by atoms with Gasteiger partial charge in [0.15, 0.2) is 0 Å². The van der Waals surface area contributed by atoms with E-state index in [4.69, 9.17) is 0 Å². The molecule has 2 unspecified atom stereocenters. The van der Waals surface area contributed by atoms with Gasteiger partial charge in [0.25, 0.3) is 5.91 Å². The van der Waals surface area contributed by atoms with Crippen LogP contribution in [0.3, 0.4) is 0 Å². The third kappa shape index (κ3) is 1.92. The van der Waals surface area contributed by atoms with E-state index in [1.165, 1.54) is 0 Å². The van der Waals surface area contributed by atoms with Crippen molar-refractivity contribution in [3.05, 3.63) is 11.6 Å². The highest BCUT2D eigenvalue weighted by Crippen LogP contribution is 2.12. The van der Waals surface area contributed by atoms with Crippen LogP contribution in [0.25, 0.3) is 0 Å². The number of nitrogens with one attached hydrogen (secondary N) is 2. The van der Waals surface area contributed by atoms with Gasteiger partial charge in [-0.1, -0.05) is 0 Å². The maximum Gasteiger partial charge on any atom is 0.294 e. The fourth-order valence-electron chi connectivity index (χ4n) is 2.09. The van der Waals surface area contributed by atoms with Gasteiger partial charge in [-0.25, -0.2) is 4.98 Å². The number of carbonyl (C=O) groups is 1. The molecule has 2 atom stereocenters. The highest BCUT2D eigenvalue weighted by molar-refractivity contribution is 5.91. The Labute approximate surface area is 94.4 Å². The second kappa shape index (κ2) is 4.21. The maximum atomic E-state index is 12.2. The molecule has 6 nitrogen and oxygen atoms in total. The Morgan fingerprint density at radius 2 is 2.00 bits per heavy atom. The first kappa shape index (κ1) is 11.1. The number of rotatable bonds is 1. The lowest BCUT2D eigenvalue weighted by molar-refractivity contribution is 0.0532.